The third kappa shape index (κ3) is 5.32. The lowest BCUT2D eigenvalue weighted by atomic mass is 9.94. The number of fused-ring (bicyclic) bond motifs is 6. The first-order chi connectivity index (χ1) is 27.8. The Balaban J connectivity index is 1.11. The second-order valence-corrected chi connectivity index (χ2v) is 14.7. The minimum Gasteiger partial charge on any atom is -0.309 e. The lowest BCUT2D eigenvalue weighted by Crippen LogP contribution is -2.05. The molecular weight excluding hydrogens is 679 g/mol. The lowest BCUT2D eigenvalue weighted by molar-refractivity contribution is 0.809. The highest BCUT2D eigenvalue weighted by atomic mass is 15.1. The third-order valence-electron chi connectivity index (χ3n) is 11.4. The topological polar surface area (TPSA) is 22.8 Å². The second kappa shape index (κ2) is 13.3. The molecule has 11 rings (SSSR count). The molecule has 0 bridgehead atoms. The van der Waals surface area contributed by atoms with Crippen molar-refractivity contribution < 1.29 is 0 Å². The first-order valence-corrected chi connectivity index (χ1v) is 19.4. The van der Waals surface area contributed by atoms with E-state index >= 15 is 0 Å². The summed E-state index contributed by atoms with van der Waals surface area (Å²) < 4.78 is 4.78. The molecule has 1 atom stereocenters. The predicted octanol–water partition coefficient (Wildman–Crippen LogP) is 13.9. The van der Waals surface area contributed by atoms with Crippen molar-refractivity contribution in [3.63, 3.8) is 0 Å². The molecule has 3 heteroatoms. The van der Waals surface area contributed by atoms with Crippen molar-refractivity contribution in [1.29, 1.82) is 0 Å². The molecule has 0 saturated carbocycles. The molecule has 0 N–H and O–H groups in total. The summed E-state index contributed by atoms with van der Waals surface area (Å²) in [4.78, 5) is 5.43. The molecule has 1 unspecified atom stereocenters. The Labute approximate surface area is 325 Å². The third-order valence-corrected chi connectivity index (χ3v) is 11.4. The van der Waals surface area contributed by atoms with Gasteiger partial charge in [0, 0.05) is 33.2 Å². The van der Waals surface area contributed by atoms with E-state index in [0.717, 1.165) is 34.7 Å². The molecule has 1 aliphatic rings. The zero-order chi connectivity index (χ0) is 37.0. The summed E-state index contributed by atoms with van der Waals surface area (Å²) in [6, 6.07) is 66.0. The number of aromatic nitrogens is 3. The highest BCUT2D eigenvalue weighted by Gasteiger charge is 2.21. The Morgan fingerprint density at radius 2 is 1.09 bits per heavy atom. The molecule has 3 aromatic heterocycles. The standard InChI is InChI=1S/C53H37N3/c1-4-16-36(17-5-1)39-22-14-23-42(32-39)55-48-27-12-10-24-44(48)46-33-40(30-31-50(46)55)43-26-15-29-51-53(43)45-25-11-13-28-49(45)56(51)52-35-41(37-18-6-2-7-19-37)34-47(54-52)38-20-8-3-9-21-38/h1-20,22-35,38H,21H2. The molecule has 0 radical (unpaired) electrons. The van der Waals surface area contributed by atoms with Gasteiger partial charge in [0.05, 0.1) is 27.8 Å². The van der Waals surface area contributed by atoms with Gasteiger partial charge in [-0.2, -0.15) is 0 Å². The Hall–Kier alpha value is -7.23. The predicted molar refractivity (Wildman–Crippen MR) is 235 cm³/mol. The maximum Gasteiger partial charge on any atom is 0.138 e. The van der Waals surface area contributed by atoms with Crippen LogP contribution in [-0.4, -0.2) is 14.1 Å². The van der Waals surface area contributed by atoms with E-state index in [4.69, 9.17) is 4.98 Å². The highest BCUT2D eigenvalue weighted by Crippen LogP contribution is 2.42. The van der Waals surface area contributed by atoms with E-state index in [9.17, 15) is 0 Å². The largest absolute Gasteiger partial charge is 0.309 e. The first kappa shape index (κ1) is 32.2. The maximum absolute atomic E-state index is 5.43. The molecule has 264 valence electrons. The number of benzene rings is 7. The number of allylic oxidation sites excluding steroid dienone is 4. The van der Waals surface area contributed by atoms with Gasteiger partial charge in [0.15, 0.2) is 0 Å². The minimum absolute atomic E-state index is 0.223. The Morgan fingerprint density at radius 3 is 1.88 bits per heavy atom. The summed E-state index contributed by atoms with van der Waals surface area (Å²) in [6.07, 6.45) is 9.73. The average Bonchev–Trinajstić information content (AvgIpc) is 3.80. The molecule has 7 aromatic carbocycles. The van der Waals surface area contributed by atoms with Crippen molar-refractivity contribution in [1.82, 2.24) is 14.1 Å². The first-order valence-electron chi connectivity index (χ1n) is 19.4. The van der Waals surface area contributed by atoms with Gasteiger partial charge in [0.1, 0.15) is 5.82 Å². The van der Waals surface area contributed by atoms with Gasteiger partial charge in [-0.15, -0.1) is 0 Å². The minimum atomic E-state index is 0.223. The fourth-order valence-electron chi connectivity index (χ4n) is 8.82. The molecule has 56 heavy (non-hydrogen) atoms. The van der Waals surface area contributed by atoms with E-state index in [0.29, 0.717) is 0 Å². The smallest absolute Gasteiger partial charge is 0.138 e. The lowest BCUT2D eigenvalue weighted by Gasteiger charge is -2.17. The van der Waals surface area contributed by atoms with Crippen LogP contribution in [0.2, 0.25) is 0 Å². The van der Waals surface area contributed by atoms with Crippen molar-refractivity contribution in [2.24, 2.45) is 0 Å². The summed E-state index contributed by atoms with van der Waals surface area (Å²) in [5.74, 6) is 1.16. The molecule has 0 aliphatic heterocycles. The molecule has 0 spiro atoms. The molecule has 10 aromatic rings. The number of rotatable bonds is 6. The summed E-state index contributed by atoms with van der Waals surface area (Å²) in [6.45, 7) is 0. The molecule has 0 saturated heterocycles. The van der Waals surface area contributed by atoms with Crippen molar-refractivity contribution >= 4 is 43.6 Å². The Morgan fingerprint density at radius 1 is 0.429 bits per heavy atom. The van der Waals surface area contributed by atoms with Crippen LogP contribution in [0.25, 0.3) is 88.5 Å². The van der Waals surface area contributed by atoms with Crippen molar-refractivity contribution in [2.75, 3.05) is 0 Å². The van der Waals surface area contributed by atoms with Crippen LogP contribution in [0.5, 0.6) is 0 Å². The summed E-state index contributed by atoms with van der Waals surface area (Å²) in [7, 11) is 0. The summed E-state index contributed by atoms with van der Waals surface area (Å²) in [5.41, 5.74) is 14.1. The van der Waals surface area contributed by atoms with Gasteiger partial charge >= 0.3 is 0 Å². The summed E-state index contributed by atoms with van der Waals surface area (Å²) >= 11 is 0. The molecule has 0 fully saturated rings. The van der Waals surface area contributed by atoms with Gasteiger partial charge in [-0.1, -0.05) is 152 Å². The quantitative estimate of drug-likeness (QED) is 0.168. The van der Waals surface area contributed by atoms with Crippen LogP contribution in [0.3, 0.4) is 0 Å². The van der Waals surface area contributed by atoms with Gasteiger partial charge in [-0.05, 0) is 94.4 Å². The van der Waals surface area contributed by atoms with E-state index in [2.05, 4.69) is 215 Å². The van der Waals surface area contributed by atoms with Crippen LogP contribution >= 0.6 is 0 Å². The van der Waals surface area contributed by atoms with Gasteiger partial charge < -0.3 is 4.57 Å². The molecular formula is C53H37N3. The van der Waals surface area contributed by atoms with Crippen molar-refractivity contribution in [3.05, 3.63) is 212 Å². The number of nitrogens with zero attached hydrogens (tertiary/aromatic N) is 3. The van der Waals surface area contributed by atoms with Crippen molar-refractivity contribution in [3.8, 4) is 44.9 Å². The fraction of sp³-hybridized carbons (Fsp3) is 0.0377. The van der Waals surface area contributed by atoms with Gasteiger partial charge in [-0.25, -0.2) is 4.98 Å². The normalized spacial score (nSPS) is 14.0. The average molecular weight is 716 g/mol. The van der Waals surface area contributed by atoms with Crippen LogP contribution in [-0.2, 0) is 0 Å². The molecule has 3 nitrogen and oxygen atoms in total. The van der Waals surface area contributed by atoms with E-state index in [-0.39, 0.29) is 5.92 Å². The summed E-state index contributed by atoms with van der Waals surface area (Å²) in [5, 5.41) is 4.92. The Bertz CT molecular complexity index is 3160. The second-order valence-electron chi connectivity index (χ2n) is 14.7. The van der Waals surface area contributed by atoms with E-state index in [1.54, 1.807) is 0 Å². The zero-order valence-electron chi connectivity index (χ0n) is 30.8. The van der Waals surface area contributed by atoms with E-state index in [1.807, 2.05) is 0 Å². The van der Waals surface area contributed by atoms with Crippen LogP contribution < -0.4 is 0 Å². The monoisotopic (exact) mass is 715 g/mol. The molecule has 3 heterocycles. The maximum atomic E-state index is 5.43. The van der Waals surface area contributed by atoms with E-state index in [1.165, 1.54) is 66.0 Å². The van der Waals surface area contributed by atoms with E-state index < -0.39 is 0 Å². The number of pyridine rings is 1. The van der Waals surface area contributed by atoms with Crippen LogP contribution in [0, 0.1) is 0 Å². The van der Waals surface area contributed by atoms with Crippen LogP contribution in [0.1, 0.15) is 18.0 Å². The highest BCUT2D eigenvalue weighted by molar-refractivity contribution is 6.17. The van der Waals surface area contributed by atoms with Gasteiger partial charge in [-0.3, -0.25) is 4.57 Å². The number of hydrogen-bond acceptors (Lipinski definition) is 1. The van der Waals surface area contributed by atoms with Gasteiger partial charge in [0.2, 0.25) is 0 Å². The number of para-hydroxylation sites is 2. The van der Waals surface area contributed by atoms with Crippen molar-refractivity contribution in [2.45, 2.75) is 12.3 Å². The SMILES string of the molecule is C1=CCC(c2cc(-c3ccccc3)cc(-n3c4ccccc4c4c(-c5ccc6c(c5)c5ccccc5n6-c5cccc(-c6ccccc6)c5)cccc43)n2)C=C1. The molecule has 0 amide bonds. The van der Waals surface area contributed by atoms with Gasteiger partial charge in [0.25, 0.3) is 0 Å². The molecule has 1 aliphatic carbocycles. The number of hydrogen-bond donors (Lipinski definition) is 0. The van der Waals surface area contributed by atoms with Crippen LogP contribution in [0.4, 0.5) is 0 Å². The fourth-order valence-corrected chi connectivity index (χ4v) is 8.82. The van der Waals surface area contributed by atoms with Crippen LogP contribution in [0.15, 0.2) is 206 Å². The Kier molecular flexibility index (Phi) is 7.63. The zero-order valence-corrected chi connectivity index (χ0v) is 30.8.